The first kappa shape index (κ1) is 30.6. The van der Waals surface area contributed by atoms with Gasteiger partial charge in [0, 0.05) is 24.7 Å². The number of carbonyl (C=O) groups excluding carboxylic acids is 3. The summed E-state index contributed by atoms with van der Waals surface area (Å²) in [5.41, 5.74) is 7.76. The number of likely N-dealkylation sites (tertiary alicyclic amines) is 1. The van der Waals surface area contributed by atoms with Crippen molar-refractivity contribution in [3.8, 4) is 5.75 Å². The van der Waals surface area contributed by atoms with Crippen LogP contribution in [-0.2, 0) is 32.1 Å². The number of hydrogen-bond acceptors (Lipinski definition) is 8. The summed E-state index contributed by atoms with van der Waals surface area (Å²) in [7, 11) is 1.59. The van der Waals surface area contributed by atoms with Gasteiger partial charge < -0.3 is 25.4 Å². The number of anilines is 1. The highest BCUT2D eigenvalue weighted by Crippen LogP contribution is 2.22. The lowest BCUT2D eigenvalue weighted by atomic mass is 10.0. The van der Waals surface area contributed by atoms with Crippen LogP contribution in [0.4, 0.5) is 5.82 Å². The van der Waals surface area contributed by atoms with Gasteiger partial charge in [0.2, 0.25) is 11.8 Å². The number of nitrogens with zero attached hydrogens (tertiary/aromatic N) is 2. The Morgan fingerprint density at radius 3 is 2.60 bits per heavy atom. The minimum absolute atomic E-state index is 0. The molecule has 40 heavy (non-hydrogen) atoms. The summed E-state index contributed by atoms with van der Waals surface area (Å²) in [6.07, 6.45) is 3.30. The Morgan fingerprint density at radius 2 is 1.88 bits per heavy atom. The van der Waals surface area contributed by atoms with E-state index in [0.717, 1.165) is 28.3 Å². The third kappa shape index (κ3) is 7.61. The first-order chi connectivity index (χ1) is 18.9. The second-order valence-electron chi connectivity index (χ2n) is 9.45. The van der Waals surface area contributed by atoms with Gasteiger partial charge in [0.1, 0.15) is 17.6 Å². The Balaban J connectivity index is 0.00000441. The predicted molar refractivity (Wildman–Crippen MR) is 155 cm³/mol. The van der Waals surface area contributed by atoms with Crippen LogP contribution in [0.2, 0.25) is 0 Å². The van der Waals surface area contributed by atoms with Crippen molar-refractivity contribution in [3.05, 3.63) is 65.9 Å². The Kier molecular flexibility index (Phi) is 11.1. The summed E-state index contributed by atoms with van der Waals surface area (Å²) >= 11 is 0. The number of halogens is 1. The largest absolute Gasteiger partial charge is 0.497 e. The molecule has 0 aliphatic carbocycles. The number of benzene rings is 2. The molecule has 2 heterocycles. The van der Waals surface area contributed by atoms with Crippen molar-refractivity contribution >= 4 is 46.8 Å². The van der Waals surface area contributed by atoms with Crippen molar-refractivity contribution in [2.24, 2.45) is 0 Å². The summed E-state index contributed by atoms with van der Waals surface area (Å²) in [5.74, 6) is 0.312. The van der Waals surface area contributed by atoms with E-state index in [2.05, 4.69) is 15.6 Å². The molecular weight excluding hydrogens is 534 g/mol. The van der Waals surface area contributed by atoms with Crippen LogP contribution >= 0.6 is 12.4 Å². The van der Waals surface area contributed by atoms with Crippen molar-refractivity contribution < 1.29 is 23.9 Å². The number of hydrogen-bond donors (Lipinski definition) is 3. The molecule has 0 saturated carbocycles. The highest BCUT2D eigenvalue weighted by Gasteiger charge is 2.37. The topological polar surface area (TPSA) is 136 Å². The minimum Gasteiger partial charge on any atom is -0.497 e. The summed E-state index contributed by atoms with van der Waals surface area (Å²) in [5, 5.41) is 7.84. The molecule has 1 fully saturated rings. The fraction of sp³-hybridized carbons (Fsp3) is 0.379. The van der Waals surface area contributed by atoms with Crippen molar-refractivity contribution in [1.29, 1.82) is 0 Å². The maximum absolute atomic E-state index is 13.7. The first-order valence-electron chi connectivity index (χ1n) is 13.1. The van der Waals surface area contributed by atoms with Crippen LogP contribution < -0.4 is 21.1 Å². The highest BCUT2D eigenvalue weighted by atomic mass is 35.5. The summed E-state index contributed by atoms with van der Waals surface area (Å²) in [4.78, 5) is 44.7. The van der Waals surface area contributed by atoms with E-state index < -0.39 is 18.1 Å². The van der Waals surface area contributed by atoms with E-state index in [0.29, 0.717) is 37.5 Å². The molecule has 0 bridgehead atoms. The normalized spacial score (nSPS) is 15.2. The molecule has 10 nitrogen and oxygen atoms in total. The van der Waals surface area contributed by atoms with Gasteiger partial charge in [0.15, 0.2) is 0 Å². The summed E-state index contributed by atoms with van der Waals surface area (Å²) in [6.45, 7) is 2.68. The molecule has 11 heteroatoms. The number of methoxy groups -OCH3 is 1. The van der Waals surface area contributed by atoms with Gasteiger partial charge in [-0.3, -0.25) is 19.7 Å². The van der Waals surface area contributed by atoms with E-state index in [9.17, 15) is 14.4 Å². The van der Waals surface area contributed by atoms with Crippen molar-refractivity contribution in [1.82, 2.24) is 20.5 Å². The smallest absolute Gasteiger partial charge is 0.319 e. The van der Waals surface area contributed by atoms with E-state index in [1.54, 1.807) is 25.1 Å². The number of fused-ring (bicyclic) bond motifs is 1. The number of aromatic nitrogens is 1. The zero-order chi connectivity index (χ0) is 27.8. The summed E-state index contributed by atoms with van der Waals surface area (Å²) < 4.78 is 10.3. The number of ether oxygens (including phenoxy) is 2. The first-order valence-corrected chi connectivity index (χ1v) is 13.1. The van der Waals surface area contributed by atoms with Crippen molar-refractivity contribution in [2.75, 3.05) is 32.5 Å². The number of carbonyl (C=O) groups is 3. The molecule has 1 saturated heterocycles. The monoisotopic (exact) mass is 569 g/mol. The Bertz CT molecular complexity index is 1320. The molecule has 214 valence electrons. The zero-order valence-electron chi connectivity index (χ0n) is 22.7. The quantitative estimate of drug-likeness (QED) is 0.300. The number of amides is 2. The molecule has 4 N–H and O–H groups in total. The number of rotatable bonds is 11. The lowest BCUT2D eigenvalue weighted by molar-refractivity contribution is -0.143. The fourth-order valence-corrected chi connectivity index (χ4v) is 4.83. The molecule has 0 radical (unpaired) electrons. The van der Waals surface area contributed by atoms with E-state index in [1.807, 2.05) is 48.5 Å². The van der Waals surface area contributed by atoms with E-state index in [-0.39, 0.29) is 37.4 Å². The maximum atomic E-state index is 13.7. The molecule has 1 aliphatic heterocycles. The number of pyridine rings is 1. The lowest BCUT2D eigenvalue weighted by Gasteiger charge is -2.29. The summed E-state index contributed by atoms with van der Waals surface area (Å²) in [6, 6.07) is 13.8. The third-order valence-electron chi connectivity index (χ3n) is 6.86. The van der Waals surface area contributed by atoms with Crippen LogP contribution in [0.25, 0.3) is 10.8 Å². The average molecular weight is 570 g/mol. The van der Waals surface area contributed by atoms with Crippen LogP contribution in [0.5, 0.6) is 5.75 Å². The van der Waals surface area contributed by atoms with Crippen molar-refractivity contribution in [3.63, 3.8) is 0 Å². The van der Waals surface area contributed by atoms with Gasteiger partial charge in [-0.05, 0) is 67.0 Å². The van der Waals surface area contributed by atoms with E-state index in [1.165, 1.54) is 0 Å². The van der Waals surface area contributed by atoms with Gasteiger partial charge in [0.25, 0.3) is 0 Å². The predicted octanol–water partition coefficient (Wildman–Crippen LogP) is 2.62. The van der Waals surface area contributed by atoms with E-state index in [4.69, 9.17) is 15.2 Å². The Labute approximate surface area is 240 Å². The van der Waals surface area contributed by atoms with Crippen LogP contribution in [0, 0.1) is 0 Å². The van der Waals surface area contributed by atoms with Gasteiger partial charge in [-0.2, -0.15) is 0 Å². The fourth-order valence-electron chi connectivity index (χ4n) is 4.83. The molecule has 2 atom stereocenters. The van der Waals surface area contributed by atoms with Crippen LogP contribution in [0.1, 0.15) is 30.9 Å². The molecule has 2 amide bonds. The number of nitrogens with two attached hydrogens (primary N) is 1. The molecule has 2 aromatic carbocycles. The lowest BCUT2D eigenvalue weighted by Crippen LogP contribution is -2.53. The molecule has 2 unspecified atom stereocenters. The number of nitrogens with one attached hydrogen (secondary N) is 2. The Morgan fingerprint density at radius 1 is 1.12 bits per heavy atom. The minimum atomic E-state index is -0.698. The maximum Gasteiger partial charge on any atom is 0.319 e. The standard InChI is InChI=1S/C29H35N5O5.ClH/c1-3-39-26(35)18-32-24(16-19-6-9-22(38-2)10-7-19)29(37)34-14-4-5-25(34)28(36)33-17-20-8-11-23-21(15-20)12-13-31-27(23)30;/h6-13,15,24-25,32H,3-5,14,16-18H2,1-2H3,(H2,30,31)(H,33,36);1H. The van der Waals surface area contributed by atoms with Gasteiger partial charge in [-0.15, -0.1) is 12.4 Å². The molecule has 4 rings (SSSR count). The number of esters is 1. The molecule has 1 aliphatic rings. The molecule has 3 aromatic rings. The Hall–Kier alpha value is -3.89. The zero-order valence-corrected chi connectivity index (χ0v) is 23.5. The molecule has 0 spiro atoms. The van der Waals surface area contributed by atoms with E-state index >= 15 is 0 Å². The average Bonchev–Trinajstić information content (AvgIpc) is 3.44. The molecule has 1 aromatic heterocycles. The van der Waals surface area contributed by atoms with Gasteiger partial charge in [-0.1, -0.05) is 24.3 Å². The van der Waals surface area contributed by atoms with Crippen LogP contribution in [-0.4, -0.2) is 66.6 Å². The highest BCUT2D eigenvalue weighted by molar-refractivity contribution is 5.92. The molecular formula is C29H36ClN5O5. The second-order valence-corrected chi connectivity index (χ2v) is 9.45. The van der Waals surface area contributed by atoms with Gasteiger partial charge in [-0.25, -0.2) is 4.98 Å². The van der Waals surface area contributed by atoms with Gasteiger partial charge >= 0.3 is 5.97 Å². The van der Waals surface area contributed by atoms with Crippen molar-refractivity contribution in [2.45, 2.75) is 44.8 Å². The van der Waals surface area contributed by atoms with Crippen LogP contribution in [0.3, 0.4) is 0 Å². The van der Waals surface area contributed by atoms with Gasteiger partial charge in [0.05, 0.1) is 26.3 Å². The third-order valence-corrected chi connectivity index (χ3v) is 6.86. The number of nitrogen functional groups attached to an aromatic ring is 1. The SMILES string of the molecule is CCOC(=O)CNC(Cc1ccc(OC)cc1)C(=O)N1CCCC1C(=O)NCc1ccc2c(N)nccc2c1.Cl. The second kappa shape index (κ2) is 14.5. The van der Waals surface area contributed by atoms with Crippen LogP contribution in [0.15, 0.2) is 54.7 Å².